The lowest BCUT2D eigenvalue weighted by atomic mass is 10.1. The number of nitrogens with one attached hydrogen (secondary N) is 1. The maximum atomic E-state index is 14.0. The molecule has 2 rings (SSSR count). The second kappa shape index (κ2) is 6.88. The van der Waals surface area contributed by atoms with E-state index >= 15 is 0 Å². The molecule has 108 valence electrons. The Morgan fingerprint density at radius 3 is 2.40 bits per heavy atom. The van der Waals surface area contributed by atoms with Gasteiger partial charge in [-0.15, -0.1) is 0 Å². The fourth-order valence-corrected chi connectivity index (χ4v) is 1.91. The fourth-order valence-electron chi connectivity index (χ4n) is 1.91. The van der Waals surface area contributed by atoms with Crippen LogP contribution in [0.1, 0.15) is 25.1 Å². The molecule has 0 aliphatic carbocycles. The van der Waals surface area contributed by atoms with Crippen molar-refractivity contribution in [2.45, 2.75) is 26.7 Å². The van der Waals surface area contributed by atoms with Crippen LogP contribution < -0.4 is 9.47 Å². The minimum atomic E-state index is -0.291. The molecule has 0 radical (unpaired) electrons. The lowest BCUT2D eigenvalue weighted by Gasteiger charge is -2.13. The first-order valence-electron chi connectivity index (χ1n) is 6.67. The highest BCUT2D eigenvalue weighted by Gasteiger charge is 2.12. The van der Waals surface area contributed by atoms with E-state index in [9.17, 15) is 4.39 Å². The van der Waals surface area contributed by atoms with Crippen molar-refractivity contribution in [3.05, 3.63) is 35.4 Å². The van der Waals surface area contributed by atoms with E-state index in [2.05, 4.69) is 15.4 Å². The van der Waals surface area contributed by atoms with E-state index in [-0.39, 0.29) is 5.82 Å². The van der Waals surface area contributed by atoms with Gasteiger partial charge in [0.05, 0.1) is 25.1 Å². The molecule has 1 aromatic carbocycles. The van der Waals surface area contributed by atoms with Gasteiger partial charge < -0.3 is 9.47 Å². The number of hydrogen-bond donors (Lipinski definition) is 1. The molecule has 0 aliphatic rings. The Hall–Kier alpha value is -2.11. The Labute approximate surface area is 117 Å². The zero-order valence-electron chi connectivity index (χ0n) is 11.6. The minimum Gasteiger partial charge on any atom is -0.490 e. The summed E-state index contributed by atoms with van der Waals surface area (Å²) in [6.45, 7) is 4.71. The van der Waals surface area contributed by atoms with Crippen LogP contribution in [0, 0.1) is 5.82 Å². The molecule has 0 amide bonds. The van der Waals surface area contributed by atoms with Gasteiger partial charge in [-0.1, -0.05) is 0 Å². The third-order valence-corrected chi connectivity index (χ3v) is 2.83. The molecule has 5 nitrogen and oxygen atoms in total. The SMILES string of the molecule is CCOc1cc(F)c(CCc2cn[nH]n2)cc1OCC. The van der Waals surface area contributed by atoms with Crippen LogP contribution in [0.15, 0.2) is 18.3 Å². The predicted molar refractivity (Wildman–Crippen MR) is 72.5 cm³/mol. The maximum absolute atomic E-state index is 14.0. The van der Waals surface area contributed by atoms with Crippen LogP contribution in [-0.2, 0) is 12.8 Å². The zero-order valence-corrected chi connectivity index (χ0v) is 11.6. The van der Waals surface area contributed by atoms with Gasteiger partial charge in [0.2, 0.25) is 0 Å². The standard InChI is InChI=1S/C14H18FN3O2/c1-3-19-13-7-10(5-6-11-9-16-18-17-11)12(15)8-14(13)20-4-2/h7-9H,3-6H2,1-2H3,(H,16,17,18). The molecule has 1 N–H and O–H groups in total. The van der Waals surface area contributed by atoms with Gasteiger partial charge in [-0.25, -0.2) is 4.39 Å². The van der Waals surface area contributed by atoms with Crippen molar-refractivity contribution in [3.63, 3.8) is 0 Å². The minimum absolute atomic E-state index is 0.291. The quantitative estimate of drug-likeness (QED) is 0.846. The number of H-pyrrole nitrogens is 1. The highest BCUT2D eigenvalue weighted by atomic mass is 19.1. The number of aromatic nitrogens is 3. The van der Waals surface area contributed by atoms with Gasteiger partial charge in [0.15, 0.2) is 11.5 Å². The molecule has 0 atom stereocenters. The first kappa shape index (κ1) is 14.3. The molecule has 0 bridgehead atoms. The average Bonchev–Trinajstić information content (AvgIpc) is 2.94. The van der Waals surface area contributed by atoms with E-state index in [1.165, 1.54) is 6.07 Å². The monoisotopic (exact) mass is 279 g/mol. The molecule has 0 spiro atoms. The van der Waals surface area contributed by atoms with E-state index in [1.807, 2.05) is 13.8 Å². The van der Waals surface area contributed by atoms with Gasteiger partial charge in [-0.3, -0.25) is 0 Å². The molecule has 0 unspecified atom stereocenters. The summed E-state index contributed by atoms with van der Waals surface area (Å²) in [5, 5.41) is 10.2. The Morgan fingerprint density at radius 2 is 1.80 bits per heavy atom. The molecule has 6 heteroatoms. The summed E-state index contributed by atoms with van der Waals surface area (Å²) in [7, 11) is 0. The molecule has 1 heterocycles. The highest BCUT2D eigenvalue weighted by Crippen LogP contribution is 2.31. The highest BCUT2D eigenvalue weighted by molar-refractivity contribution is 5.44. The summed E-state index contributed by atoms with van der Waals surface area (Å²) in [5.74, 6) is 0.725. The number of hydrogen-bond acceptors (Lipinski definition) is 4. The van der Waals surface area contributed by atoms with E-state index in [0.29, 0.717) is 43.1 Å². The molecule has 0 saturated carbocycles. The predicted octanol–water partition coefficient (Wildman–Crippen LogP) is 2.53. The van der Waals surface area contributed by atoms with E-state index in [1.54, 1.807) is 12.3 Å². The van der Waals surface area contributed by atoms with Gasteiger partial charge in [0.1, 0.15) is 5.82 Å². The first-order chi connectivity index (χ1) is 9.74. The number of benzene rings is 1. The van der Waals surface area contributed by atoms with Crippen LogP contribution in [-0.4, -0.2) is 28.6 Å². The molecule has 1 aromatic heterocycles. The van der Waals surface area contributed by atoms with Gasteiger partial charge in [0.25, 0.3) is 0 Å². The van der Waals surface area contributed by atoms with Crippen LogP contribution in [0.4, 0.5) is 4.39 Å². The van der Waals surface area contributed by atoms with Crippen molar-refractivity contribution in [3.8, 4) is 11.5 Å². The summed E-state index contributed by atoms with van der Waals surface area (Å²) in [4.78, 5) is 0. The van der Waals surface area contributed by atoms with Crippen LogP contribution in [0.3, 0.4) is 0 Å². The van der Waals surface area contributed by atoms with Gasteiger partial charge in [-0.05, 0) is 38.3 Å². The summed E-state index contributed by atoms with van der Waals surface area (Å²) in [5.41, 5.74) is 1.39. The van der Waals surface area contributed by atoms with Crippen molar-refractivity contribution in [1.29, 1.82) is 0 Å². The van der Waals surface area contributed by atoms with Gasteiger partial charge in [-0.2, -0.15) is 15.4 Å². The Bertz CT molecular complexity index is 544. The molecule has 0 aliphatic heterocycles. The fraction of sp³-hybridized carbons (Fsp3) is 0.429. The van der Waals surface area contributed by atoms with Crippen LogP contribution in [0.25, 0.3) is 0 Å². The van der Waals surface area contributed by atoms with E-state index in [4.69, 9.17) is 9.47 Å². The van der Waals surface area contributed by atoms with Crippen molar-refractivity contribution < 1.29 is 13.9 Å². The molecular weight excluding hydrogens is 261 g/mol. The number of rotatable bonds is 7. The number of ether oxygens (including phenoxy) is 2. The maximum Gasteiger partial charge on any atom is 0.164 e. The Morgan fingerprint density at radius 1 is 1.10 bits per heavy atom. The molecule has 2 aromatic rings. The number of aromatic amines is 1. The Kier molecular flexibility index (Phi) is 4.92. The normalized spacial score (nSPS) is 10.6. The second-order valence-electron chi connectivity index (χ2n) is 4.22. The van der Waals surface area contributed by atoms with Crippen molar-refractivity contribution in [2.75, 3.05) is 13.2 Å². The topological polar surface area (TPSA) is 60.0 Å². The lowest BCUT2D eigenvalue weighted by molar-refractivity contribution is 0.285. The third kappa shape index (κ3) is 3.46. The molecule has 0 fully saturated rings. The van der Waals surface area contributed by atoms with Gasteiger partial charge in [0, 0.05) is 6.07 Å². The first-order valence-corrected chi connectivity index (χ1v) is 6.67. The Balaban J connectivity index is 2.17. The van der Waals surface area contributed by atoms with Crippen LogP contribution in [0.2, 0.25) is 0 Å². The number of aryl methyl sites for hydroxylation is 2. The van der Waals surface area contributed by atoms with E-state index in [0.717, 1.165) is 5.69 Å². The van der Waals surface area contributed by atoms with Crippen LogP contribution in [0.5, 0.6) is 11.5 Å². The number of nitrogens with zero attached hydrogens (tertiary/aromatic N) is 2. The lowest BCUT2D eigenvalue weighted by Crippen LogP contribution is -2.02. The van der Waals surface area contributed by atoms with Crippen molar-refractivity contribution >= 4 is 0 Å². The average molecular weight is 279 g/mol. The second-order valence-corrected chi connectivity index (χ2v) is 4.22. The van der Waals surface area contributed by atoms with E-state index < -0.39 is 0 Å². The summed E-state index contributed by atoms with van der Waals surface area (Å²) < 4.78 is 24.9. The van der Waals surface area contributed by atoms with Crippen molar-refractivity contribution in [2.24, 2.45) is 0 Å². The molecule has 0 saturated heterocycles. The molecule has 20 heavy (non-hydrogen) atoms. The largest absolute Gasteiger partial charge is 0.490 e. The summed E-state index contributed by atoms with van der Waals surface area (Å²) in [6.07, 6.45) is 2.79. The van der Waals surface area contributed by atoms with Crippen LogP contribution >= 0.6 is 0 Å². The number of halogens is 1. The summed E-state index contributed by atoms with van der Waals surface area (Å²) >= 11 is 0. The third-order valence-electron chi connectivity index (χ3n) is 2.83. The molecular formula is C14H18FN3O2. The zero-order chi connectivity index (χ0) is 14.4. The summed E-state index contributed by atoms with van der Waals surface area (Å²) in [6, 6.07) is 3.08. The smallest absolute Gasteiger partial charge is 0.164 e. The van der Waals surface area contributed by atoms with Crippen molar-refractivity contribution in [1.82, 2.24) is 15.4 Å². The van der Waals surface area contributed by atoms with Gasteiger partial charge >= 0.3 is 0 Å².